The van der Waals surface area contributed by atoms with Crippen molar-refractivity contribution in [2.45, 2.75) is 11.4 Å². The van der Waals surface area contributed by atoms with E-state index in [0.717, 1.165) is 17.7 Å². The molecule has 0 aliphatic carbocycles. The molecular weight excluding hydrogens is 344 g/mol. The summed E-state index contributed by atoms with van der Waals surface area (Å²) < 4.78 is 30.8. The SMILES string of the molecule is N#C/C(=C/NCc1cccnc1)C(=O)Nc1ccc(S(=O)(=O)O)cc1. The highest BCUT2D eigenvalue weighted by Crippen LogP contribution is 2.14. The first-order valence-corrected chi connectivity index (χ1v) is 8.45. The van der Waals surface area contributed by atoms with Crippen molar-refractivity contribution >= 4 is 21.7 Å². The van der Waals surface area contributed by atoms with Crippen molar-refractivity contribution in [1.29, 1.82) is 5.26 Å². The van der Waals surface area contributed by atoms with Gasteiger partial charge in [-0.25, -0.2) is 0 Å². The lowest BCUT2D eigenvalue weighted by molar-refractivity contribution is -0.112. The molecule has 0 fully saturated rings. The fourth-order valence-electron chi connectivity index (χ4n) is 1.83. The van der Waals surface area contributed by atoms with Gasteiger partial charge < -0.3 is 10.6 Å². The van der Waals surface area contributed by atoms with Gasteiger partial charge in [0.1, 0.15) is 11.6 Å². The van der Waals surface area contributed by atoms with E-state index in [1.54, 1.807) is 24.5 Å². The first-order chi connectivity index (χ1) is 11.9. The lowest BCUT2D eigenvalue weighted by Crippen LogP contribution is -2.16. The number of rotatable bonds is 6. The molecule has 0 bridgehead atoms. The number of nitrogens with one attached hydrogen (secondary N) is 2. The van der Waals surface area contributed by atoms with Gasteiger partial charge in [-0.1, -0.05) is 6.07 Å². The number of nitrogens with zero attached hydrogens (tertiary/aromatic N) is 2. The van der Waals surface area contributed by atoms with Crippen molar-refractivity contribution in [2.24, 2.45) is 0 Å². The Morgan fingerprint density at radius 3 is 2.56 bits per heavy atom. The van der Waals surface area contributed by atoms with E-state index in [0.29, 0.717) is 6.54 Å². The Morgan fingerprint density at radius 2 is 2.00 bits per heavy atom. The number of benzene rings is 1. The Hall–Kier alpha value is -3.22. The normalized spacial score (nSPS) is 11.4. The average Bonchev–Trinajstić information content (AvgIpc) is 2.59. The zero-order valence-corrected chi connectivity index (χ0v) is 13.7. The van der Waals surface area contributed by atoms with Crippen LogP contribution in [0.2, 0.25) is 0 Å². The van der Waals surface area contributed by atoms with Crippen molar-refractivity contribution < 1.29 is 17.8 Å². The molecule has 8 nitrogen and oxygen atoms in total. The Bertz CT molecular complexity index is 917. The summed E-state index contributed by atoms with van der Waals surface area (Å²) in [5, 5.41) is 14.4. The van der Waals surface area contributed by atoms with E-state index < -0.39 is 16.0 Å². The molecule has 2 aromatic rings. The second kappa shape index (κ2) is 8.05. The van der Waals surface area contributed by atoms with Gasteiger partial charge >= 0.3 is 0 Å². The van der Waals surface area contributed by atoms with Crippen molar-refractivity contribution in [1.82, 2.24) is 10.3 Å². The predicted octanol–water partition coefficient (Wildman–Crippen LogP) is 1.46. The van der Waals surface area contributed by atoms with Crippen LogP contribution in [-0.4, -0.2) is 23.9 Å². The molecule has 9 heteroatoms. The minimum atomic E-state index is -4.30. The lowest BCUT2D eigenvalue weighted by Gasteiger charge is -2.06. The third-order valence-corrected chi connectivity index (χ3v) is 3.92. The van der Waals surface area contributed by atoms with Crippen LogP contribution >= 0.6 is 0 Å². The molecule has 2 rings (SSSR count). The molecule has 0 saturated heterocycles. The zero-order chi connectivity index (χ0) is 18.3. The first kappa shape index (κ1) is 18.1. The molecule has 1 aromatic carbocycles. The molecule has 0 radical (unpaired) electrons. The highest BCUT2D eigenvalue weighted by Gasteiger charge is 2.11. The van der Waals surface area contributed by atoms with E-state index in [-0.39, 0.29) is 16.2 Å². The number of pyridine rings is 1. The molecule has 128 valence electrons. The van der Waals surface area contributed by atoms with Gasteiger partial charge in [-0.05, 0) is 35.9 Å². The van der Waals surface area contributed by atoms with Crippen LogP contribution in [0, 0.1) is 11.3 Å². The highest BCUT2D eigenvalue weighted by atomic mass is 32.2. The standard InChI is InChI=1S/C16H14N4O4S/c17-8-13(11-19-10-12-2-1-7-18-9-12)16(21)20-14-3-5-15(6-4-14)25(22,23)24/h1-7,9,11,19H,10H2,(H,20,21)(H,22,23,24)/b13-11-. The number of amides is 1. The molecule has 0 atom stereocenters. The predicted molar refractivity (Wildman–Crippen MR) is 89.7 cm³/mol. The van der Waals surface area contributed by atoms with Crippen LogP contribution in [0.5, 0.6) is 0 Å². The van der Waals surface area contributed by atoms with Crippen LogP contribution in [0.4, 0.5) is 5.69 Å². The van der Waals surface area contributed by atoms with Gasteiger partial charge in [0, 0.05) is 30.8 Å². The Labute approximate surface area is 144 Å². The highest BCUT2D eigenvalue weighted by molar-refractivity contribution is 7.85. The van der Waals surface area contributed by atoms with Crippen LogP contribution in [0.25, 0.3) is 0 Å². The molecule has 1 aromatic heterocycles. The second-order valence-corrected chi connectivity index (χ2v) is 6.29. The maximum Gasteiger partial charge on any atom is 0.294 e. The fourth-order valence-corrected chi connectivity index (χ4v) is 2.31. The molecule has 0 aliphatic rings. The minimum absolute atomic E-state index is 0.150. The van der Waals surface area contributed by atoms with Gasteiger partial charge in [-0.3, -0.25) is 14.3 Å². The maximum atomic E-state index is 12.0. The van der Waals surface area contributed by atoms with Gasteiger partial charge in [0.2, 0.25) is 0 Å². The molecule has 3 N–H and O–H groups in total. The summed E-state index contributed by atoms with van der Waals surface area (Å²) in [5.74, 6) is -0.652. The molecule has 1 heterocycles. The smallest absolute Gasteiger partial charge is 0.294 e. The lowest BCUT2D eigenvalue weighted by atomic mass is 10.2. The van der Waals surface area contributed by atoms with E-state index >= 15 is 0 Å². The van der Waals surface area contributed by atoms with Crippen LogP contribution in [0.1, 0.15) is 5.56 Å². The number of aromatic nitrogens is 1. The summed E-state index contributed by atoms with van der Waals surface area (Å²) in [5.41, 5.74) is 1.02. The summed E-state index contributed by atoms with van der Waals surface area (Å²) in [6, 6.07) is 10.3. The Balaban J connectivity index is 2.00. The number of nitriles is 1. The third-order valence-electron chi connectivity index (χ3n) is 3.05. The molecule has 0 aliphatic heterocycles. The van der Waals surface area contributed by atoms with Crippen LogP contribution in [0.15, 0.2) is 65.5 Å². The van der Waals surface area contributed by atoms with E-state index in [1.165, 1.54) is 18.3 Å². The van der Waals surface area contributed by atoms with Crippen molar-refractivity contribution in [3.05, 3.63) is 66.1 Å². The molecule has 0 unspecified atom stereocenters. The van der Waals surface area contributed by atoms with Gasteiger partial charge in [0.25, 0.3) is 16.0 Å². The maximum absolute atomic E-state index is 12.0. The van der Waals surface area contributed by atoms with Crippen molar-refractivity contribution in [3.63, 3.8) is 0 Å². The summed E-state index contributed by atoms with van der Waals surface area (Å²) in [6.07, 6.45) is 4.58. The van der Waals surface area contributed by atoms with E-state index in [9.17, 15) is 13.2 Å². The largest absolute Gasteiger partial charge is 0.386 e. The second-order valence-electron chi connectivity index (χ2n) is 4.87. The number of hydrogen-bond acceptors (Lipinski definition) is 6. The quantitative estimate of drug-likeness (QED) is 0.404. The summed E-state index contributed by atoms with van der Waals surface area (Å²) >= 11 is 0. The summed E-state index contributed by atoms with van der Waals surface area (Å²) in [4.78, 5) is 15.7. The van der Waals surface area contributed by atoms with E-state index in [4.69, 9.17) is 9.81 Å². The zero-order valence-electron chi connectivity index (χ0n) is 12.9. The number of hydrogen-bond donors (Lipinski definition) is 3. The minimum Gasteiger partial charge on any atom is -0.386 e. The Kier molecular flexibility index (Phi) is 5.84. The van der Waals surface area contributed by atoms with E-state index in [2.05, 4.69) is 15.6 Å². The van der Waals surface area contributed by atoms with Gasteiger partial charge in [0.05, 0.1) is 4.90 Å². The van der Waals surface area contributed by atoms with Gasteiger partial charge in [-0.15, -0.1) is 0 Å². The average molecular weight is 358 g/mol. The van der Waals surface area contributed by atoms with Gasteiger partial charge in [-0.2, -0.15) is 13.7 Å². The monoisotopic (exact) mass is 358 g/mol. The number of anilines is 1. The fraction of sp³-hybridized carbons (Fsp3) is 0.0625. The van der Waals surface area contributed by atoms with Crippen LogP contribution in [0.3, 0.4) is 0 Å². The molecule has 0 spiro atoms. The van der Waals surface area contributed by atoms with Gasteiger partial charge in [0.15, 0.2) is 0 Å². The van der Waals surface area contributed by atoms with Crippen molar-refractivity contribution in [2.75, 3.05) is 5.32 Å². The topological polar surface area (TPSA) is 132 Å². The van der Waals surface area contributed by atoms with Crippen LogP contribution in [-0.2, 0) is 21.5 Å². The summed E-state index contributed by atoms with van der Waals surface area (Å²) in [6.45, 7) is 0.398. The molecule has 0 saturated carbocycles. The van der Waals surface area contributed by atoms with Crippen molar-refractivity contribution in [3.8, 4) is 6.07 Å². The number of carbonyl (C=O) groups is 1. The molecule has 1 amide bonds. The third kappa shape index (κ3) is 5.42. The number of carbonyl (C=O) groups excluding carboxylic acids is 1. The molecule has 25 heavy (non-hydrogen) atoms. The Morgan fingerprint density at radius 1 is 1.28 bits per heavy atom. The first-order valence-electron chi connectivity index (χ1n) is 7.01. The summed E-state index contributed by atoms with van der Waals surface area (Å²) in [7, 11) is -4.30. The van der Waals surface area contributed by atoms with E-state index in [1.807, 2.05) is 6.07 Å². The molecular formula is C16H14N4O4S. The van der Waals surface area contributed by atoms with Crippen LogP contribution < -0.4 is 10.6 Å².